The van der Waals surface area contributed by atoms with Crippen LogP contribution < -0.4 is 4.74 Å². The van der Waals surface area contributed by atoms with Gasteiger partial charge in [-0.25, -0.2) is 4.98 Å². The number of H-pyrrole nitrogens is 1. The number of nitrogens with zero attached hydrogens (tertiary/aromatic N) is 1. The van der Waals surface area contributed by atoms with Gasteiger partial charge in [-0.05, 0) is 35.0 Å². The molecule has 2 heterocycles. The zero-order valence-corrected chi connectivity index (χ0v) is 15.6. The molecular weight excluding hydrogens is 392 g/mol. The highest BCUT2D eigenvalue weighted by Crippen LogP contribution is 2.37. The number of para-hydroxylation sites is 1. The number of aromatic nitrogens is 2. The number of ether oxygens (including phenoxy) is 2. The molecule has 4 aromatic rings. The lowest BCUT2D eigenvalue weighted by molar-refractivity contribution is 0.185. The Balaban J connectivity index is 2.01. The normalized spacial score (nSPS) is 10.7. The van der Waals surface area contributed by atoms with Crippen molar-refractivity contribution in [2.75, 3.05) is 7.11 Å². The van der Waals surface area contributed by atoms with Crippen LogP contribution in [-0.4, -0.2) is 17.1 Å². The molecule has 0 unspecified atom stereocenters. The molecule has 4 rings (SSSR count). The third-order valence-corrected chi connectivity index (χ3v) is 4.35. The van der Waals surface area contributed by atoms with Crippen molar-refractivity contribution in [1.82, 2.24) is 9.97 Å². The number of nitrogens with one attached hydrogen (secondary N) is 1. The maximum Gasteiger partial charge on any atom is 0.137 e. The summed E-state index contributed by atoms with van der Waals surface area (Å²) in [7, 11) is 1.67. The summed E-state index contributed by atoms with van der Waals surface area (Å²) in [4.78, 5) is 10.6. The molecule has 0 saturated carbocycles. The Morgan fingerprint density at radius 3 is 2.65 bits per heavy atom. The molecule has 0 bridgehead atoms. The predicted octanol–water partition coefficient (Wildman–Crippen LogP) is 5.36. The minimum atomic E-state index is 0.411. The fourth-order valence-corrected chi connectivity index (χ4v) is 3.30. The Morgan fingerprint density at radius 2 is 1.88 bits per heavy atom. The van der Waals surface area contributed by atoms with E-state index in [-0.39, 0.29) is 0 Å². The van der Waals surface area contributed by atoms with Crippen molar-refractivity contribution in [2.45, 2.75) is 6.61 Å². The molecule has 0 fully saturated rings. The first-order valence-electron chi connectivity index (χ1n) is 8.07. The van der Waals surface area contributed by atoms with Crippen LogP contribution in [-0.2, 0) is 11.3 Å². The highest BCUT2D eigenvalue weighted by Gasteiger charge is 2.17. The molecule has 0 aliphatic carbocycles. The Hall–Kier alpha value is -2.81. The van der Waals surface area contributed by atoms with Crippen LogP contribution in [0.1, 0.15) is 11.3 Å². The quantitative estimate of drug-likeness (QED) is 0.464. The van der Waals surface area contributed by atoms with Gasteiger partial charge in [-0.2, -0.15) is 0 Å². The van der Waals surface area contributed by atoms with Crippen LogP contribution in [0.15, 0.2) is 54.7 Å². The van der Waals surface area contributed by atoms with Gasteiger partial charge in [0.15, 0.2) is 0 Å². The number of pyridine rings is 1. The fraction of sp³-hybridized carbons (Fsp3) is 0.0952. The van der Waals surface area contributed by atoms with E-state index in [0.717, 1.165) is 38.9 Å². The molecular formula is C21H15BrN2O2. The maximum atomic E-state index is 6.16. The molecule has 0 atom stereocenters. The Kier molecular flexibility index (Phi) is 4.61. The van der Waals surface area contributed by atoms with Gasteiger partial charge in [0, 0.05) is 34.0 Å². The summed E-state index contributed by atoms with van der Waals surface area (Å²) in [5.74, 6) is 4.57. The molecule has 0 spiro atoms. The summed E-state index contributed by atoms with van der Waals surface area (Å²) in [6.07, 6.45) is 1.80. The molecule has 5 heteroatoms. The molecule has 1 N–H and O–H groups in total. The second-order valence-corrected chi connectivity index (χ2v) is 6.14. The first kappa shape index (κ1) is 16.6. The second kappa shape index (κ2) is 7.20. The molecule has 0 aliphatic heterocycles. The number of benzene rings is 2. The van der Waals surface area contributed by atoms with Gasteiger partial charge < -0.3 is 14.5 Å². The van der Waals surface area contributed by atoms with E-state index in [0.29, 0.717) is 12.3 Å². The number of fused-ring (bicyclic) bond motifs is 3. The Morgan fingerprint density at radius 1 is 1.04 bits per heavy atom. The van der Waals surface area contributed by atoms with Crippen molar-refractivity contribution in [1.29, 1.82) is 0 Å². The number of hydrogen-bond acceptors (Lipinski definition) is 3. The minimum absolute atomic E-state index is 0.411. The predicted molar refractivity (Wildman–Crippen MR) is 107 cm³/mol. The summed E-state index contributed by atoms with van der Waals surface area (Å²) >= 11 is 3.16. The van der Waals surface area contributed by atoms with Crippen molar-refractivity contribution in [3.63, 3.8) is 0 Å². The van der Waals surface area contributed by atoms with Gasteiger partial charge in [0.05, 0.1) is 29.2 Å². The lowest BCUT2D eigenvalue weighted by Gasteiger charge is -2.09. The standard InChI is InChI=1S/C21H15BrN2O2/c1-25-13-15-16(10-11-22)23-12-18-20(15)21-17(24-18)8-5-9-19(21)26-14-6-3-2-4-7-14/h2-9,12,24H,13H2,1H3. The number of methoxy groups -OCH3 is 1. The summed E-state index contributed by atoms with van der Waals surface area (Å²) in [6.45, 7) is 0.411. The van der Waals surface area contributed by atoms with Crippen LogP contribution in [0.4, 0.5) is 0 Å². The van der Waals surface area contributed by atoms with E-state index in [1.165, 1.54) is 0 Å². The number of hydrogen-bond donors (Lipinski definition) is 1. The third kappa shape index (κ3) is 2.94. The van der Waals surface area contributed by atoms with Crippen molar-refractivity contribution >= 4 is 37.7 Å². The minimum Gasteiger partial charge on any atom is -0.457 e. The van der Waals surface area contributed by atoms with E-state index < -0.39 is 0 Å². The molecule has 0 amide bonds. The zero-order chi connectivity index (χ0) is 17.9. The van der Waals surface area contributed by atoms with Crippen LogP contribution >= 0.6 is 15.9 Å². The van der Waals surface area contributed by atoms with Gasteiger partial charge in [0.1, 0.15) is 17.2 Å². The Bertz CT molecular complexity index is 1140. The first-order valence-corrected chi connectivity index (χ1v) is 8.87. The second-order valence-electron chi connectivity index (χ2n) is 5.75. The first-order chi connectivity index (χ1) is 12.8. The maximum absolute atomic E-state index is 6.16. The average molecular weight is 407 g/mol. The zero-order valence-electron chi connectivity index (χ0n) is 14.0. The third-order valence-electron chi connectivity index (χ3n) is 4.15. The van der Waals surface area contributed by atoms with Crippen LogP contribution in [0.25, 0.3) is 21.8 Å². The van der Waals surface area contributed by atoms with Crippen LogP contribution in [0.5, 0.6) is 11.5 Å². The molecule has 128 valence electrons. The molecule has 0 saturated heterocycles. The SMILES string of the molecule is COCc1c(C#CBr)ncc2[nH]c3cccc(Oc4ccccc4)c3c12. The van der Waals surface area contributed by atoms with E-state index in [1.807, 2.05) is 48.5 Å². The van der Waals surface area contributed by atoms with E-state index in [1.54, 1.807) is 13.3 Å². The van der Waals surface area contributed by atoms with E-state index in [2.05, 4.69) is 36.6 Å². The molecule has 0 aliphatic rings. The van der Waals surface area contributed by atoms with Gasteiger partial charge >= 0.3 is 0 Å². The largest absolute Gasteiger partial charge is 0.457 e. The number of rotatable bonds is 4. The van der Waals surface area contributed by atoms with E-state index >= 15 is 0 Å². The van der Waals surface area contributed by atoms with Crippen LogP contribution in [0.2, 0.25) is 0 Å². The molecule has 0 radical (unpaired) electrons. The van der Waals surface area contributed by atoms with Crippen molar-refractivity contribution in [3.8, 4) is 22.2 Å². The van der Waals surface area contributed by atoms with Gasteiger partial charge in [0.25, 0.3) is 0 Å². The molecule has 26 heavy (non-hydrogen) atoms. The van der Waals surface area contributed by atoms with Crippen molar-refractivity contribution in [2.24, 2.45) is 0 Å². The van der Waals surface area contributed by atoms with Crippen LogP contribution in [0, 0.1) is 10.8 Å². The lowest BCUT2D eigenvalue weighted by Crippen LogP contribution is -1.97. The topological polar surface area (TPSA) is 47.1 Å². The highest BCUT2D eigenvalue weighted by molar-refractivity contribution is 9.12. The van der Waals surface area contributed by atoms with E-state index in [9.17, 15) is 0 Å². The lowest BCUT2D eigenvalue weighted by atomic mass is 10.1. The Labute approximate surface area is 159 Å². The van der Waals surface area contributed by atoms with Crippen molar-refractivity contribution in [3.05, 3.63) is 66.0 Å². The van der Waals surface area contributed by atoms with Crippen molar-refractivity contribution < 1.29 is 9.47 Å². The fourth-order valence-electron chi connectivity index (χ4n) is 3.11. The summed E-state index contributed by atoms with van der Waals surface area (Å²) in [5, 5.41) is 2.02. The van der Waals surface area contributed by atoms with Crippen LogP contribution in [0.3, 0.4) is 0 Å². The highest BCUT2D eigenvalue weighted by atomic mass is 79.9. The molecule has 2 aromatic heterocycles. The monoisotopic (exact) mass is 406 g/mol. The smallest absolute Gasteiger partial charge is 0.137 e. The molecule has 4 nitrogen and oxygen atoms in total. The summed E-state index contributed by atoms with van der Waals surface area (Å²) in [5.41, 5.74) is 3.53. The van der Waals surface area contributed by atoms with Gasteiger partial charge in [-0.1, -0.05) is 24.3 Å². The molecule has 2 aromatic carbocycles. The summed E-state index contributed by atoms with van der Waals surface area (Å²) in [6, 6.07) is 15.7. The number of halogens is 1. The van der Waals surface area contributed by atoms with E-state index in [4.69, 9.17) is 9.47 Å². The number of aromatic amines is 1. The van der Waals surface area contributed by atoms with Gasteiger partial charge in [-0.3, -0.25) is 0 Å². The summed E-state index contributed by atoms with van der Waals surface area (Å²) < 4.78 is 11.6. The average Bonchev–Trinajstić information content (AvgIpc) is 3.05. The van der Waals surface area contributed by atoms with Gasteiger partial charge in [0.2, 0.25) is 0 Å². The van der Waals surface area contributed by atoms with Gasteiger partial charge in [-0.15, -0.1) is 0 Å².